The molecule has 1 atom stereocenters. The fourth-order valence-electron chi connectivity index (χ4n) is 1.82. The predicted octanol–water partition coefficient (Wildman–Crippen LogP) is 3.24. The molecule has 0 spiro atoms. The van der Waals surface area contributed by atoms with E-state index in [0.717, 1.165) is 18.9 Å². The third-order valence-corrected chi connectivity index (χ3v) is 3.07. The molecule has 0 fully saturated rings. The van der Waals surface area contributed by atoms with Crippen LogP contribution in [-0.4, -0.2) is 23.0 Å². The molecule has 0 aliphatic rings. The molecule has 0 aliphatic carbocycles. The number of rotatable bonds is 7. The monoisotopic (exact) mass is 301 g/mol. The summed E-state index contributed by atoms with van der Waals surface area (Å²) >= 11 is 5.62. The number of halogens is 2. The van der Waals surface area contributed by atoms with Gasteiger partial charge in [-0.2, -0.15) is 0 Å². The Labute approximate surface area is 121 Å². The van der Waals surface area contributed by atoms with Crippen LogP contribution in [0.4, 0.5) is 4.39 Å². The average molecular weight is 302 g/mol. The summed E-state index contributed by atoms with van der Waals surface area (Å²) in [5.74, 6) is -2.34. The Balaban J connectivity index is 2.75. The molecule has 0 saturated heterocycles. The van der Waals surface area contributed by atoms with Gasteiger partial charge in [0, 0.05) is 11.1 Å². The molecule has 0 unspecified atom stereocenters. The van der Waals surface area contributed by atoms with Crippen molar-refractivity contribution in [1.29, 1.82) is 0 Å². The number of nitrogens with one attached hydrogen (secondary N) is 1. The van der Waals surface area contributed by atoms with E-state index in [1.165, 1.54) is 12.1 Å². The molecule has 110 valence electrons. The summed E-state index contributed by atoms with van der Waals surface area (Å²) in [4.78, 5) is 22.7. The van der Waals surface area contributed by atoms with E-state index in [2.05, 4.69) is 5.32 Å². The first-order chi connectivity index (χ1) is 9.43. The third kappa shape index (κ3) is 5.17. The highest BCUT2D eigenvalue weighted by Crippen LogP contribution is 2.15. The lowest BCUT2D eigenvalue weighted by molar-refractivity contribution is -0.137. The van der Waals surface area contributed by atoms with E-state index in [4.69, 9.17) is 16.7 Å². The summed E-state index contributed by atoms with van der Waals surface area (Å²) in [6, 6.07) is 3.24. The van der Waals surface area contributed by atoms with Gasteiger partial charge in [0.2, 0.25) is 0 Å². The zero-order chi connectivity index (χ0) is 15.1. The molecule has 1 rings (SSSR count). The Hall–Kier alpha value is -1.62. The van der Waals surface area contributed by atoms with Crippen molar-refractivity contribution in [2.75, 3.05) is 0 Å². The number of aliphatic carboxylic acids is 1. The highest BCUT2D eigenvalue weighted by atomic mass is 35.5. The first-order valence-electron chi connectivity index (χ1n) is 6.41. The SMILES string of the molecule is CCCC[C@@H](CC(=O)O)NC(=O)c1ccc(Cl)cc1F. The van der Waals surface area contributed by atoms with Gasteiger partial charge in [0.1, 0.15) is 5.82 Å². The highest BCUT2D eigenvalue weighted by Gasteiger charge is 2.18. The summed E-state index contributed by atoms with van der Waals surface area (Å²) in [6.45, 7) is 1.97. The van der Waals surface area contributed by atoms with Crippen LogP contribution in [0.3, 0.4) is 0 Å². The topological polar surface area (TPSA) is 66.4 Å². The van der Waals surface area contributed by atoms with Crippen LogP contribution in [0.2, 0.25) is 5.02 Å². The minimum Gasteiger partial charge on any atom is -0.481 e. The Morgan fingerprint density at radius 3 is 2.70 bits per heavy atom. The molecule has 20 heavy (non-hydrogen) atoms. The van der Waals surface area contributed by atoms with Crippen molar-refractivity contribution in [3.8, 4) is 0 Å². The van der Waals surface area contributed by atoms with Crippen molar-refractivity contribution < 1.29 is 19.1 Å². The molecule has 1 amide bonds. The Morgan fingerprint density at radius 2 is 2.15 bits per heavy atom. The minimum atomic E-state index is -0.997. The molecule has 0 aliphatic heterocycles. The molecular weight excluding hydrogens is 285 g/mol. The second-order valence-electron chi connectivity index (χ2n) is 4.53. The lowest BCUT2D eigenvalue weighted by atomic mass is 10.1. The van der Waals surface area contributed by atoms with Gasteiger partial charge in [-0.1, -0.05) is 31.4 Å². The van der Waals surface area contributed by atoms with E-state index in [9.17, 15) is 14.0 Å². The van der Waals surface area contributed by atoms with Crippen LogP contribution >= 0.6 is 11.6 Å². The Morgan fingerprint density at radius 1 is 1.45 bits per heavy atom. The molecule has 0 bridgehead atoms. The van der Waals surface area contributed by atoms with Crippen LogP contribution in [0, 0.1) is 5.82 Å². The lowest BCUT2D eigenvalue weighted by Gasteiger charge is -2.17. The summed E-state index contributed by atoms with van der Waals surface area (Å²) in [7, 11) is 0. The molecule has 0 saturated carbocycles. The number of hydrogen-bond donors (Lipinski definition) is 2. The van der Waals surface area contributed by atoms with Gasteiger partial charge in [-0.15, -0.1) is 0 Å². The molecule has 1 aromatic rings. The fourth-order valence-corrected chi connectivity index (χ4v) is 1.98. The van der Waals surface area contributed by atoms with Gasteiger partial charge in [-0.25, -0.2) is 4.39 Å². The van der Waals surface area contributed by atoms with Crippen LogP contribution in [-0.2, 0) is 4.79 Å². The molecule has 0 radical (unpaired) electrons. The van der Waals surface area contributed by atoms with Crippen LogP contribution in [0.15, 0.2) is 18.2 Å². The molecule has 4 nitrogen and oxygen atoms in total. The number of benzene rings is 1. The lowest BCUT2D eigenvalue weighted by Crippen LogP contribution is -2.36. The van der Waals surface area contributed by atoms with Gasteiger partial charge >= 0.3 is 5.97 Å². The maximum Gasteiger partial charge on any atom is 0.305 e. The zero-order valence-electron chi connectivity index (χ0n) is 11.2. The van der Waals surface area contributed by atoms with E-state index in [0.29, 0.717) is 6.42 Å². The van der Waals surface area contributed by atoms with E-state index in [1.807, 2.05) is 6.92 Å². The predicted molar refractivity (Wildman–Crippen MR) is 74.4 cm³/mol. The first kappa shape index (κ1) is 16.4. The normalized spacial score (nSPS) is 11.9. The highest BCUT2D eigenvalue weighted by molar-refractivity contribution is 6.30. The van der Waals surface area contributed by atoms with Crippen LogP contribution in [0.5, 0.6) is 0 Å². The number of carbonyl (C=O) groups excluding carboxylic acids is 1. The van der Waals surface area contributed by atoms with E-state index >= 15 is 0 Å². The van der Waals surface area contributed by atoms with Crippen molar-refractivity contribution in [2.45, 2.75) is 38.6 Å². The van der Waals surface area contributed by atoms with E-state index < -0.39 is 23.7 Å². The van der Waals surface area contributed by atoms with E-state index in [1.54, 1.807) is 0 Å². The number of carboxylic acids is 1. The van der Waals surface area contributed by atoms with Crippen molar-refractivity contribution in [1.82, 2.24) is 5.32 Å². The minimum absolute atomic E-state index is 0.138. The molecular formula is C14H17ClFNO3. The van der Waals surface area contributed by atoms with Gasteiger partial charge in [0.15, 0.2) is 0 Å². The van der Waals surface area contributed by atoms with Crippen molar-refractivity contribution in [3.63, 3.8) is 0 Å². The summed E-state index contributed by atoms with van der Waals surface area (Å²) in [5.41, 5.74) is -0.138. The van der Waals surface area contributed by atoms with Gasteiger partial charge in [-0.05, 0) is 24.6 Å². The summed E-state index contributed by atoms with van der Waals surface area (Å²) < 4.78 is 13.6. The number of unbranched alkanes of at least 4 members (excludes halogenated alkanes) is 1. The first-order valence-corrected chi connectivity index (χ1v) is 6.79. The standard InChI is InChI=1S/C14H17ClFNO3/c1-2-3-4-10(8-13(18)19)17-14(20)11-6-5-9(15)7-12(11)16/h5-7,10H,2-4,8H2,1H3,(H,17,20)(H,18,19)/t10-/m0/s1. The number of amides is 1. The van der Waals surface area contributed by atoms with Crippen molar-refractivity contribution in [3.05, 3.63) is 34.6 Å². The zero-order valence-corrected chi connectivity index (χ0v) is 11.9. The molecule has 1 aromatic carbocycles. The van der Waals surface area contributed by atoms with Crippen molar-refractivity contribution >= 4 is 23.5 Å². The number of carboxylic acid groups (broad SMARTS) is 1. The van der Waals surface area contributed by atoms with Gasteiger partial charge < -0.3 is 10.4 Å². The van der Waals surface area contributed by atoms with Crippen LogP contribution in [0.1, 0.15) is 43.0 Å². The fraction of sp³-hybridized carbons (Fsp3) is 0.429. The molecule has 0 heterocycles. The smallest absolute Gasteiger partial charge is 0.305 e. The quantitative estimate of drug-likeness (QED) is 0.812. The largest absolute Gasteiger partial charge is 0.481 e. The number of hydrogen-bond acceptors (Lipinski definition) is 2. The average Bonchev–Trinajstić information content (AvgIpc) is 2.35. The van der Waals surface area contributed by atoms with Gasteiger partial charge in [0.25, 0.3) is 5.91 Å². The summed E-state index contributed by atoms with van der Waals surface area (Å²) in [5, 5.41) is 11.6. The molecule has 6 heteroatoms. The maximum atomic E-state index is 13.6. The van der Waals surface area contributed by atoms with Crippen molar-refractivity contribution in [2.24, 2.45) is 0 Å². The number of carbonyl (C=O) groups is 2. The maximum absolute atomic E-state index is 13.6. The van der Waals surface area contributed by atoms with Gasteiger partial charge in [-0.3, -0.25) is 9.59 Å². The second-order valence-corrected chi connectivity index (χ2v) is 4.97. The summed E-state index contributed by atoms with van der Waals surface area (Å²) in [6.07, 6.45) is 2.05. The second kappa shape index (κ2) is 7.85. The third-order valence-electron chi connectivity index (χ3n) is 2.84. The van der Waals surface area contributed by atoms with Crippen LogP contribution in [0.25, 0.3) is 0 Å². The van der Waals surface area contributed by atoms with E-state index in [-0.39, 0.29) is 17.0 Å². The van der Waals surface area contributed by atoms with Crippen LogP contribution < -0.4 is 5.32 Å². The molecule has 0 aromatic heterocycles. The Kier molecular flexibility index (Phi) is 6.45. The van der Waals surface area contributed by atoms with Gasteiger partial charge in [0.05, 0.1) is 12.0 Å². The Bertz CT molecular complexity index is 493. The molecule has 2 N–H and O–H groups in total.